The van der Waals surface area contributed by atoms with E-state index in [2.05, 4.69) is 10.3 Å². The summed E-state index contributed by atoms with van der Waals surface area (Å²) >= 11 is 6.01. The minimum atomic E-state index is -0.464. The van der Waals surface area contributed by atoms with Crippen LogP contribution in [0.2, 0.25) is 5.02 Å². The number of nitrogens with zero attached hydrogens (tertiary/aromatic N) is 3. The molecule has 0 saturated heterocycles. The summed E-state index contributed by atoms with van der Waals surface area (Å²) in [5.41, 5.74) is 1.51. The molecule has 0 atom stereocenters. The van der Waals surface area contributed by atoms with Crippen LogP contribution in [0.25, 0.3) is 0 Å². The first kappa shape index (κ1) is 18.5. The van der Waals surface area contributed by atoms with Crippen LogP contribution in [0.5, 0.6) is 0 Å². The number of likely N-dealkylation sites (N-methyl/N-ethyl adjacent to an activating group) is 1. The van der Waals surface area contributed by atoms with Crippen LogP contribution in [0, 0.1) is 5.82 Å². The first-order valence-electron chi connectivity index (χ1n) is 8.42. The van der Waals surface area contributed by atoms with Gasteiger partial charge in [-0.25, -0.2) is 9.37 Å². The molecule has 6 nitrogen and oxygen atoms in total. The number of fused-ring (bicyclic) bond motifs is 1. The van der Waals surface area contributed by atoms with Crippen LogP contribution in [-0.4, -0.2) is 40.5 Å². The highest BCUT2D eigenvalue weighted by Crippen LogP contribution is 2.20. The Hall–Kier alpha value is -2.25. The van der Waals surface area contributed by atoms with Gasteiger partial charge in [-0.2, -0.15) is 0 Å². The van der Waals surface area contributed by atoms with Crippen molar-refractivity contribution in [2.24, 2.45) is 0 Å². The van der Waals surface area contributed by atoms with Crippen molar-refractivity contribution < 1.29 is 9.18 Å². The average Bonchev–Trinajstić information content (AvgIpc) is 2.86. The summed E-state index contributed by atoms with van der Waals surface area (Å²) in [6, 6.07) is 4.39. The van der Waals surface area contributed by atoms with Gasteiger partial charge < -0.3 is 10.2 Å². The second kappa shape index (κ2) is 7.97. The molecule has 138 valence electrons. The molecule has 2 heterocycles. The Kier molecular flexibility index (Phi) is 5.68. The molecule has 0 spiro atoms. The van der Waals surface area contributed by atoms with Gasteiger partial charge >= 0.3 is 0 Å². The van der Waals surface area contributed by atoms with Crippen molar-refractivity contribution in [3.63, 3.8) is 0 Å². The fourth-order valence-corrected chi connectivity index (χ4v) is 3.19. The van der Waals surface area contributed by atoms with Gasteiger partial charge in [0.1, 0.15) is 12.4 Å². The quantitative estimate of drug-likeness (QED) is 0.873. The monoisotopic (exact) mass is 378 g/mol. The van der Waals surface area contributed by atoms with Gasteiger partial charge in [-0.05, 0) is 25.1 Å². The van der Waals surface area contributed by atoms with Crippen LogP contribution >= 0.6 is 11.6 Å². The maximum Gasteiger partial charge on any atom is 0.257 e. The number of benzene rings is 1. The molecule has 1 aliphatic rings. The highest BCUT2D eigenvalue weighted by atomic mass is 35.5. The number of hydrogen-bond acceptors (Lipinski definition) is 4. The van der Waals surface area contributed by atoms with Crippen molar-refractivity contribution in [1.29, 1.82) is 0 Å². The number of amides is 1. The second-order valence-electron chi connectivity index (χ2n) is 6.30. The zero-order chi connectivity index (χ0) is 18.7. The molecule has 0 aliphatic carbocycles. The standard InChI is InChI=1S/C18H20ClFN4O2/c1-23(9-13-14(19)3-2-4-15(13)20)17(25)10-24-11-22-16-6-8-21-7-5-12(16)18(24)26/h2-4,11,21H,5-10H2,1H3. The van der Waals surface area contributed by atoms with E-state index in [-0.39, 0.29) is 35.1 Å². The summed E-state index contributed by atoms with van der Waals surface area (Å²) in [6.07, 6.45) is 2.70. The lowest BCUT2D eigenvalue weighted by atomic mass is 10.1. The predicted molar refractivity (Wildman–Crippen MR) is 96.7 cm³/mol. The van der Waals surface area contributed by atoms with Gasteiger partial charge in [0, 0.05) is 42.7 Å². The van der Waals surface area contributed by atoms with Gasteiger partial charge in [0.05, 0.1) is 12.0 Å². The molecule has 8 heteroatoms. The van der Waals surface area contributed by atoms with Gasteiger partial charge in [0.2, 0.25) is 5.91 Å². The summed E-state index contributed by atoms with van der Waals surface area (Å²) < 4.78 is 15.2. The largest absolute Gasteiger partial charge is 0.340 e. The maximum atomic E-state index is 13.9. The first-order chi connectivity index (χ1) is 12.5. The molecule has 0 saturated carbocycles. The van der Waals surface area contributed by atoms with E-state index in [1.54, 1.807) is 13.1 Å². The lowest BCUT2D eigenvalue weighted by Gasteiger charge is -2.19. The molecule has 1 aromatic heterocycles. The molecule has 0 fully saturated rings. The SMILES string of the molecule is CN(Cc1c(F)cccc1Cl)C(=O)Cn1cnc2c(c1=O)CCNCC2. The fourth-order valence-electron chi connectivity index (χ4n) is 2.97. The average molecular weight is 379 g/mol. The number of carbonyl (C=O) groups is 1. The minimum Gasteiger partial charge on any atom is -0.340 e. The van der Waals surface area contributed by atoms with E-state index in [0.717, 1.165) is 12.2 Å². The van der Waals surface area contributed by atoms with Crippen LogP contribution in [0.15, 0.2) is 29.3 Å². The van der Waals surface area contributed by atoms with Crippen molar-refractivity contribution in [3.8, 4) is 0 Å². The molecule has 26 heavy (non-hydrogen) atoms. The summed E-state index contributed by atoms with van der Waals surface area (Å²) in [5.74, 6) is -0.784. The van der Waals surface area contributed by atoms with E-state index in [1.165, 1.54) is 27.9 Å². The van der Waals surface area contributed by atoms with E-state index in [0.29, 0.717) is 24.9 Å². The van der Waals surface area contributed by atoms with Crippen LogP contribution in [-0.2, 0) is 30.7 Å². The maximum absolute atomic E-state index is 13.9. The summed E-state index contributed by atoms with van der Waals surface area (Å²) in [5, 5.41) is 3.49. The Morgan fingerprint density at radius 1 is 1.38 bits per heavy atom. The normalized spacial score (nSPS) is 13.8. The highest BCUT2D eigenvalue weighted by molar-refractivity contribution is 6.31. The van der Waals surface area contributed by atoms with E-state index in [1.807, 2.05) is 0 Å². The van der Waals surface area contributed by atoms with Gasteiger partial charge in [-0.15, -0.1) is 0 Å². The number of nitrogens with one attached hydrogen (secondary N) is 1. The van der Waals surface area contributed by atoms with E-state index >= 15 is 0 Å². The smallest absolute Gasteiger partial charge is 0.257 e. The van der Waals surface area contributed by atoms with Crippen molar-refractivity contribution >= 4 is 17.5 Å². The fraction of sp³-hybridized carbons (Fsp3) is 0.389. The lowest BCUT2D eigenvalue weighted by Crippen LogP contribution is -2.35. The van der Waals surface area contributed by atoms with Crippen molar-refractivity contribution in [1.82, 2.24) is 19.8 Å². The van der Waals surface area contributed by atoms with Crippen LogP contribution < -0.4 is 10.9 Å². The molecule has 1 N–H and O–H groups in total. The Bertz CT molecular complexity index is 864. The van der Waals surface area contributed by atoms with E-state index in [9.17, 15) is 14.0 Å². The molecule has 2 aromatic rings. The number of aromatic nitrogens is 2. The molecule has 0 unspecified atom stereocenters. The molecule has 3 rings (SSSR count). The van der Waals surface area contributed by atoms with E-state index < -0.39 is 5.82 Å². The zero-order valence-corrected chi connectivity index (χ0v) is 15.2. The van der Waals surface area contributed by atoms with Crippen LogP contribution in [0.4, 0.5) is 4.39 Å². The molecule has 0 radical (unpaired) electrons. The lowest BCUT2D eigenvalue weighted by molar-refractivity contribution is -0.131. The van der Waals surface area contributed by atoms with Gasteiger partial charge in [-0.1, -0.05) is 17.7 Å². The van der Waals surface area contributed by atoms with Crippen molar-refractivity contribution in [2.45, 2.75) is 25.9 Å². The van der Waals surface area contributed by atoms with Crippen molar-refractivity contribution in [3.05, 3.63) is 62.5 Å². The number of hydrogen-bond donors (Lipinski definition) is 1. The third kappa shape index (κ3) is 3.94. The Morgan fingerprint density at radius 2 is 2.15 bits per heavy atom. The summed E-state index contributed by atoms with van der Waals surface area (Å²) in [6.45, 7) is 1.39. The van der Waals surface area contributed by atoms with E-state index in [4.69, 9.17) is 11.6 Å². The first-order valence-corrected chi connectivity index (χ1v) is 8.80. The molecule has 1 aliphatic heterocycles. The molecular weight excluding hydrogens is 359 g/mol. The molecule has 1 aromatic carbocycles. The third-order valence-electron chi connectivity index (χ3n) is 4.50. The van der Waals surface area contributed by atoms with Crippen molar-refractivity contribution in [2.75, 3.05) is 20.1 Å². The van der Waals surface area contributed by atoms with Crippen LogP contribution in [0.3, 0.4) is 0 Å². The third-order valence-corrected chi connectivity index (χ3v) is 4.85. The molecule has 1 amide bonds. The van der Waals surface area contributed by atoms with Gasteiger partial charge in [-0.3, -0.25) is 14.2 Å². The topological polar surface area (TPSA) is 67.2 Å². The van der Waals surface area contributed by atoms with Gasteiger partial charge in [0.25, 0.3) is 5.56 Å². The molecule has 0 bridgehead atoms. The zero-order valence-electron chi connectivity index (χ0n) is 14.5. The Labute approximate surface area is 155 Å². The second-order valence-corrected chi connectivity index (χ2v) is 6.71. The minimum absolute atomic E-state index is 0.0291. The number of carbonyl (C=O) groups excluding carboxylic acids is 1. The van der Waals surface area contributed by atoms with Gasteiger partial charge in [0.15, 0.2) is 0 Å². The summed E-state index contributed by atoms with van der Waals surface area (Å²) in [7, 11) is 1.55. The van der Waals surface area contributed by atoms with Crippen LogP contribution in [0.1, 0.15) is 16.8 Å². The number of rotatable bonds is 4. The predicted octanol–water partition coefficient (Wildman–Crippen LogP) is 1.38. The highest BCUT2D eigenvalue weighted by Gasteiger charge is 2.18. The number of halogens is 2. The summed E-state index contributed by atoms with van der Waals surface area (Å²) in [4.78, 5) is 30.8. The Balaban J connectivity index is 1.75. The molecular formula is C18H20ClFN4O2. The Morgan fingerprint density at radius 3 is 2.92 bits per heavy atom.